The van der Waals surface area contributed by atoms with Gasteiger partial charge in [-0.2, -0.15) is 0 Å². The summed E-state index contributed by atoms with van der Waals surface area (Å²) < 4.78 is 14.0. The second-order valence-corrected chi connectivity index (χ2v) is 4.86. The molecule has 2 rings (SSSR count). The van der Waals surface area contributed by atoms with E-state index in [4.69, 9.17) is 5.11 Å². The monoisotopic (exact) mass is 318 g/mol. The van der Waals surface area contributed by atoms with Crippen LogP contribution in [0.4, 0.5) is 10.1 Å². The average molecular weight is 318 g/mol. The molecule has 120 valence electrons. The van der Waals surface area contributed by atoms with Crippen molar-refractivity contribution in [1.82, 2.24) is 4.90 Å². The van der Waals surface area contributed by atoms with E-state index in [1.54, 1.807) is 0 Å². The van der Waals surface area contributed by atoms with Gasteiger partial charge in [0.1, 0.15) is 5.82 Å². The number of benzene rings is 2. The Labute approximate surface area is 131 Å². The van der Waals surface area contributed by atoms with Crippen molar-refractivity contribution in [1.29, 1.82) is 0 Å². The molecule has 0 radical (unpaired) electrons. The van der Waals surface area contributed by atoms with Gasteiger partial charge in [-0.1, -0.05) is 30.3 Å². The van der Waals surface area contributed by atoms with E-state index >= 15 is 0 Å². The highest BCUT2D eigenvalue weighted by Gasteiger charge is 2.21. The second kappa shape index (κ2) is 7.46. The molecule has 0 aliphatic heterocycles. The van der Waals surface area contributed by atoms with E-state index in [1.165, 1.54) is 4.90 Å². The van der Waals surface area contributed by atoms with Gasteiger partial charge in [0.05, 0.1) is 23.2 Å². The van der Waals surface area contributed by atoms with Crippen LogP contribution in [-0.2, 0) is 6.54 Å². The summed E-state index contributed by atoms with van der Waals surface area (Å²) in [5, 5.41) is 19.7. The fraction of sp³-hybridized carbons (Fsp3) is 0.188. The van der Waals surface area contributed by atoms with Crippen molar-refractivity contribution in [3.63, 3.8) is 0 Å². The van der Waals surface area contributed by atoms with E-state index in [1.807, 2.05) is 30.3 Å². The van der Waals surface area contributed by atoms with Crippen molar-refractivity contribution < 1.29 is 19.2 Å². The zero-order valence-electron chi connectivity index (χ0n) is 12.2. The molecule has 0 heterocycles. The Bertz CT molecular complexity index is 706. The van der Waals surface area contributed by atoms with Gasteiger partial charge in [0.2, 0.25) is 0 Å². The van der Waals surface area contributed by atoms with E-state index in [2.05, 4.69) is 0 Å². The van der Waals surface area contributed by atoms with Gasteiger partial charge in [-0.15, -0.1) is 0 Å². The van der Waals surface area contributed by atoms with E-state index in [0.717, 1.165) is 17.7 Å². The number of rotatable bonds is 6. The molecule has 0 aliphatic rings. The number of hydrogen-bond acceptors (Lipinski definition) is 4. The minimum absolute atomic E-state index is 0.0319. The molecule has 7 heteroatoms. The Morgan fingerprint density at radius 3 is 2.48 bits per heavy atom. The summed E-state index contributed by atoms with van der Waals surface area (Å²) in [4.78, 5) is 23.6. The van der Waals surface area contributed by atoms with Crippen molar-refractivity contribution in [3.8, 4) is 0 Å². The summed E-state index contributed by atoms with van der Waals surface area (Å²) in [7, 11) is 0. The Morgan fingerprint density at radius 2 is 1.91 bits per heavy atom. The standard InChI is InChI=1S/C16H15FN2O4/c17-15-10-13(19(22)23)6-7-14(15)16(21)18(8-9-20)11-12-4-2-1-3-5-12/h1-7,10,20H,8-9,11H2. The second-order valence-electron chi connectivity index (χ2n) is 4.86. The van der Waals surface area contributed by atoms with Crippen molar-refractivity contribution in [3.05, 3.63) is 75.6 Å². The number of carbonyl (C=O) groups excluding carboxylic acids is 1. The molecule has 0 bridgehead atoms. The summed E-state index contributed by atoms with van der Waals surface area (Å²) in [5.41, 5.74) is 0.146. The van der Waals surface area contributed by atoms with Crippen LogP contribution in [0.15, 0.2) is 48.5 Å². The summed E-state index contributed by atoms with van der Waals surface area (Å²) in [6.45, 7) is -0.0337. The van der Waals surface area contributed by atoms with Crippen molar-refractivity contribution in [2.75, 3.05) is 13.2 Å². The first-order valence-corrected chi connectivity index (χ1v) is 6.91. The number of nitro benzene ring substituents is 1. The first-order valence-electron chi connectivity index (χ1n) is 6.91. The van der Waals surface area contributed by atoms with Crippen LogP contribution in [0.2, 0.25) is 0 Å². The molecule has 0 spiro atoms. The van der Waals surface area contributed by atoms with Crippen molar-refractivity contribution >= 4 is 11.6 Å². The maximum Gasteiger partial charge on any atom is 0.272 e. The Balaban J connectivity index is 2.25. The number of halogens is 1. The summed E-state index contributed by atoms with van der Waals surface area (Å²) in [5.74, 6) is -1.59. The third kappa shape index (κ3) is 4.10. The van der Waals surface area contributed by atoms with Crippen molar-refractivity contribution in [2.24, 2.45) is 0 Å². The zero-order valence-corrected chi connectivity index (χ0v) is 12.2. The third-order valence-electron chi connectivity index (χ3n) is 3.27. The predicted molar refractivity (Wildman–Crippen MR) is 81.3 cm³/mol. The smallest absolute Gasteiger partial charge is 0.272 e. The maximum atomic E-state index is 14.0. The maximum absolute atomic E-state index is 14.0. The van der Waals surface area contributed by atoms with E-state index < -0.39 is 22.3 Å². The molecule has 0 saturated carbocycles. The fourth-order valence-electron chi connectivity index (χ4n) is 2.14. The lowest BCUT2D eigenvalue weighted by atomic mass is 10.1. The molecule has 0 atom stereocenters. The highest BCUT2D eigenvalue weighted by molar-refractivity contribution is 5.94. The molecule has 0 aliphatic carbocycles. The van der Waals surface area contributed by atoms with Crippen LogP contribution in [-0.4, -0.2) is 34.0 Å². The highest BCUT2D eigenvalue weighted by atomic mass is 19.1. The highest BCUT2D eigenvalue weighted by Crippen LogP contribution is 2.19. The van der Waals surface area contributed by atoms with Gasteiger partial charge in [0.15, 0.2) is 0 Å². The third-order valence-corrected chi connectivity index (χ3v) is 3.27. The van der Waals surface area contributed by atoms with Gasteiger partial charge < -0.3 is 10.0 Å². The zero-order chi connectivity index (χ0) is 16.8. The lowest BCUT2D eigenvalue weighted by Gasteiger charge is -2.22. The van der Waals surface area contributed by atoms with Crippen LogP contribution < -0.4 is 0 Å². The van der Waals surface area contributed by atoms with E-state index in [-0.39, 0.29) is 25.3 Å². The molecule has 2 aromatic carbocycles. The Kier molecular flexibility index (Phi) is 5.37. The van der Waals surface area contributed by atoms with Crippen LogP contribution in [0.1, 0.15) is 15.9 Å². The van der Waals surface area contributed by atoms with Gasteiger partial charge >= 0.3 is 0 Å². The first kappa shape index (κ1) is 16.6. The van der Waals surface area contributed by atoms with Crippen LogP contribution >= 0.6 is 0 Å². The van der Waals surface area contributed by atoms with Crippen LogP contribution in [0, 0.1) is 15.9 Å². The lowest BCUT2D eigenvalue weighted by Crippen LogP contribution is -2.33. The number of aliphatic hydroxyl groups is 1. The molecule has 0 fully saturated rings. The number of amides is 1. The molecule has 2 aromatic rings. The molecular weight excluding hydrogens is 303 g/mol. The van der Waals surface area contributed by atoms with Gasteiger partial charge in [0, 0.05) is 19.2 Å². The van der Waals surface area contributed by atoms with Gasteiger partial charge in [0.25, 0.3) is 11.6 Å². The number of hydrogen-bond donors (Lipinski definition) is 1. The first-order chi connectivity index (χ1) is 11.0. The number of aliphatic hydroxyl groups excluding tert-OH is 1. The molecule has 23 heavy (non-hydrogen) atoms. The molecule has 0 saturated heterocycles. The number of nitro groups is 1. The topological polar surface area (TPSA) is 83.7 Å². The number of carbonyl (C=O) groups is 1. The van der Waals surface area contributed by atoms with Gasteiger partial charge in [-0.25, -0.2) is 4.39 Å². The van der Waals surface area contributed by atoms with Crippen LogP contribution in [0.5, 0.6) is 0 Å². The Morgan fingerprint density at radius 1 is 1.22 bits per heavy atom. The van der Waals surface area contributed by atoms with E-state index in [0.29, 0.717) is 6.07 Å². The van der Waals surface area contributed by atoms with Crippen molar-refractivity contribution in [2.45, 2.75) is 6.54 Å². The molecule has 0 unspecified atom stereocenters. The predicted octanol–water partition coefficient (Wildman–Crippen LogP) is 2.37. The molecule has 0 aromatic heterocycles. The summed E-state index contributed by atoms with van der Waals surface area (Å²) >= 11 is 0. The molecule has 1 N–H and O–H groups in total. The quantitative estimate of drug-likeness (QED) is 0.654. The summed E-state index contributed by atoms with van der Waals surface area (Å²) in [6.07, 6.45) is 0. The SMILES string of the molecule is O=C(c1ccc([N+](=O)[O-])cc1F)N(CCO)Cc1ccccc1. The molecular formula is C16H15FN2O4. The lowest BCUT2D eigenvalue weighted by molar-refractivity contribution is -0.385. The van der Waals surface area contributed by atoms with Crippen LogP contribution in [0.3, 0.4) is 0 Å². The Hall–Kier alpha value is -2.80. The fourth-order valence-corrected chi connectivity index (χ4v) is 2.14. The molecule has 1 amide bonds. The van der Waals surface area contributed by atoms with Gasteiger partial charge in [-0.3, -0.25) is 14.9 Å². The summed E-state index contributed by atoms with van der Waals surface area (Å²) in [6, 6.07) is 12.0. The average Bonchev–Trinajstić information content (AvgIpc) is 2.54. The van der Waals surface area contributed by atoms with E-state index in [9.17, 15) is 19.3 Å². The number of non-ortho nitro benzene ring substituents is 1. The number of nitrogens with zero attached hydrogens (tertiary/aromatic N) is 2. The van der Waals surface area contributed by atoms with Crippen LogP contribution in [0.25, 0.3) is 0 Å². The normalized spacial score (nSPS) is 10.3. The minimum Gasteiger partial charge on any atom is -0.395 e. The van der Waals surface area contributed by atoms with Gasteiger partial charge in [-0.05, 0) is 11.6 Å². The molecule has 6 nitrogen and oxygen atoms in total. The largest absolute Gasteiger partial charge is 0.395 e. The minimum atomic E-state index is -0.958.